The zero-order valence-corrected chi connectivity index (χ0v) is 16.1. The minimum absolute atomic E-state index is 0.226. The number of aromatic nitrogens is 4. The van der Waals surface area contributed by atoms with E-state index in [1.165, 1.54) is 5.56 Å². The molecule has 1 aliphatic heterocycles. The Labute approximate surface area is 159 Å². The molecule has 0 bridgehead atoms. The van der Waals surface area contributed by atoms with Gasteiger partial charge in [-0.15, -0.1) is 0 Å². The standard InChI is InChI=1S/C20H26N6O/c1-14-11-19(26-20(23-14)15(2)16(3)24-26)22-13-18(17-5-4-6-21-12-17)25-7-9-27-10-8-25/h4-6,11-12,18,22H,7-10,13H2,1-3H3/t18-/m0/s1. The molecule has 3 aromatic heterocycles. The van der Waals surface area contributed by atoms with Crippen molar-refractivity contribution in [1.82, 2.24) is 24.5 Å². The van der Waals surface area contributed by atoms with E-state index >= 15 is 0 Å². The second kappa shape index (κ2) is 7.62. The van der Waals surface area contributed by atoms with Gasteiger partial charge in [-0.2, -0.15) is 9.61 Å². The maximum atomic E-state index is 5.54. The van der Waals surface area contributed by atoms with E-state index in [1.54, 1.807) is 0 Å². The van der Waals surface area contributed by atoms with Crippen LogP contribution in [0.5, 0.6) is 0 Å². The number of aryl methyl sites for hydroxylation is 3. The molecule has 1 atom stereocenters. The fourth-order valence-electron chi connectivity index (χ4n) is 3.60. The molecule has 0 unspecified atom stereocenters. The highest BCUT2D eigenvalue weighted by Gasteiger charge is 2.23. The minimum Gasteiger partial charge on any atom is -0.379 e. The Morgan fingerprint density at radius 2 is 2.04 bits per heavy atom. The highest BCUT2D eigenvalue weighted by atomic mass is 16.5. The number of fused-ring (bicyclic) bond motifs is 1. The van der Waals surface area contributed by atoms with E-state index < -0.39 is 0 Å². The molecule has 1 fully saturated rings. The van der Waals surface area contributed by atoms with Gasteiger partial charge < -0.3 is 10.1 Å². The highest BCUT2D eigenvalue weighted by Crippen LogP contribution is 2.23. The van der Waals surface area contributed by atoms with Crippen molar-refractivity contribution >= 4 is 11.5 Å². The third kappa shape index (κ3) is 3.65. The van der Waals surface area contributed by atoms with Crippen molar-refractivity contribution in [3.63, 3.8) is 0 Å². The van der Waals surface area contributed by atoms with E-state index in [9.17, 15) is 0 Å². The van der Waals surface area contributed by atoms with E-state index in [2.05, 4.69) is 44.3 Å². The zero-order chi connectivity index (χ0) is 18.8. The van der Waals surface area contributed by atoms with Crippen LogP contribution in [0.25, 0.3) is 5.65 Å². The fourth-order valence-corrected chi connectivity index (χ4v) is 3.60. The van der Waals surface area contributed by atoms with Gasteiger partial charge in [0.2, 0.25) is 0 Å². The minimum atomic E-state index is 0.226. The number of morpholine rings is 1. The van der Waals surface area contributed by atoms with Crippen LogP contribution in [0.2, 0.25) is 0 Å². The van der Waals surface area contributed by atoms with Gasteiger partial charge in [0.1, 0.15) is 5.82 Å². The Bertz CT molecular complexity index is 917. The lowest BCUT2D eigenvalue weighted by molar-refractivity contribution is 0.0186. The summed E-state index contributed by atoms with van der Waals surface area (Å²) in [7, 11) is 0. The summed E-state index contributed by atoms with van der Waals surface area (Å²) < 4.78 is 7.45. The van der Waals surface area contributed by atoms with Crippen molar-refractivity contribution in [2.24, 2.45) is 0 Å². The highest BCUT2D eigenvalue weighted by molar-refractivity contribution is 5.56. The van der Waals surface area contributed by atoms with Gasteiger partial charge in [-0.1, -0.05) is 6.07 Å². The lowest BCUT2D eigenvalue weighted by atomic mass is 10.1. The first-order valence-corrected chi connectivity index (χ1v) is 9.42. The Morgan fingerprint density at radius 3 is 2.78 bits per heavy atom. The van der Waals surface area contributed by atoms with Crippen LogP contribution in [0.3, 0.4) is 0 Å². The molecule has 27 heavy (non-hydrogen) atoms. The van der Waals surface area contributed by atoms with E-state index in [0.717, 1.165) is 61.3 Å². The average Bonchev–Trinajstić information content (AvgIpc) is 2.98. The van der Waals surface area contributed by atoms with E-state index in [-0.39, 0.29) is 6.04 Å². The molecule has 0 radical (unpaired) electrons. The maximum Gasteiger partial charge on any atom is 0.160 e. The van der Waals surface area contributed by atoms with Crippen LogP contribution in [0.15, 0.2) is 30.6 Å². The molecule has 0 aromatic carbocycles. The maximum absolute atomic E-state index is 5.54. The fraction of sp³-hybridized carbons (Fsp3) is 0.450. The number of anilines is 1. The lowest BCUT2D eigenvalue weighted by Gasteiger charge is -2.34. The van der Waals surface area contributed by atoms with Crippen molar-refractivity contribution in [2.75, 3.05) is 38.2 Å². The second-order valence-corrected chi connectivity index (χ2v) is 7.06. The molecular formula is C20H26N6O. The van der Waals surface area contributed by atoms with Gasteiger partial charge >= 0.3 is 0 Å². The average molecular weight is 366 g/mol. The summed E-state index contributed by atoms with van der Waals surface area (Å²) in [6, 6.07) is 6.42. The van der Waals surface area contributed by atoms with Crippen molar-refractivity contribution in [3.8, 4) is 0 Å². The summed E-state index contributed by atoms with van der Waals surface area (Å²) in [5.74, 6) is 0.968. The molecule has 1 saturated heterocycles. The molecule has 1 aliphatic rings. The van der Waals surface area contributed by atoms with E-state index in [4.69, 9.17) is 4.74 Å². The largest absolute Gasteiger partial charge is 0.379 e. The molecule has 7 nitrogen and oxygen atoms in total. The van der Waals surface area contributed by atoms with E-state index in [1.807, 2.05) is 36.8 Å². The summed E-state index contributed by atoms with van der Waals surface area (Å²) in [5.41, 5.74) is 5.24. The Morgan fingerprint density at radius 1 is 1.22 bits per heavy atom. The molecule has 142 valence electrons. The third-order valence-corrected chi connectivity index (χ3v) is 5.22. The molecule has 3 aromatic rings. The SMILES string of the molecule is Cc1cc(NC[C@@H](c2cccnc2)N2CCOCC2)n2nc(C)c(C)c2n1. The topological polar surface area (TPSA) is 67.6 Å². The van der Waals surface area contributed by atoms with Crippen LogP contribution in [0, 0.1) is 20.8 Å². The molecule has 1 N–H and O–H groups in total. The van der Waals surface area contributed by atoms with Gasteiger partial charge in [-0.05, 0) is 32.4 Å². The predicted octanol–water partition coefficient (Wildman–Crippen LogP) is 2.53. The summed E-state index contributed by atoms with van der Waals surface area (Å²) >= 11 is 0. The Hall–Kier alpha value is -2.51. The second-order valence-electron chi connectivity index (χ2n) is 7.06. The molecule has 4 heterocycles. The quantitative estimate of drug-likeness (QED) is 0.748. The first-order valence-electron chi connectivity index (χ1n) is 9.42. The smallest absolute Gasteiger partial charge is 0.160 e. The van der Waals surface area contributed by atoms with Gasteiger partial charge in [0.25, 0.3) is 0 Å². The number of ether oxygens (including phenoxy) is 1. The monoisotopic (exact) mass is 366 g/mol. The van der Waals surface area contributed by atoms with Crippen LogP contribution in [0.1, 0.15) is 28.6 Å². The van der Waals surface area contributed by atoms with Crippen molar-refractivity contribution in [3.05, 3.63) is 53.1 Å². The normalized spacial score (nSPS) is 16.6. The summed E-state index contributed by atoms with van der Waals surface area (Å²) in [5, 5.41) is 8.28. The molecule has 4 rings (SSSR count). The molecule has 7 heteroatoms. The molecular weight excluding hydrogens is 340 g/mol. The molecule has 0 spiro atoms. The summed E-state index contributed by atoms with van der Waals surface area (Å²) in [4.78, 5) is 11.4. The Balaban J connectivity index is 1.63. The van der Waals surface area contributed by atoms with Crippen molar-refractivity contribution in [2.45, 2.75) is 26.8 Å². The molecule has 0 aliphatic carbocycles. The van der Waals surface area contributed by atoms with Crippen molar-refractivity contribution in [1.29, 1.82) is 0 Å². The number of nitrogens with one attached hydrogen (secondary N) is 1. The van der Waals surface area contributed by atoms with Crippen LogP contribution < -0.4 is 5.32 Å². The molecule has 0 saturated carbocycles. The predicted molar refractivity (Wildman–Crippen MR) is 105 cm³/mol. The lowest BCUT2D eigenvalue weighted by Crippen LogP contribution is -2.41. The van der Waals surface area contributed by atoms with Gasteiger partial charge in [0, 0.05) is 49.4 Å². The summed E-state index contributed by atoms with van der Waals surface area (Å²) in [6.07, 6.45) is 3.77. The van der Waals surface area contributed by atoms with Gasteiger partial charge in [-0.3, -0.25) is 9.88 Å². The van der Waals surface area contributed by atoms with Crippen LogP contribution in [-0.2, 0) is 4.74 Å². The van der Waals surface area contributed by atoms with Crippen LogP contribution in [-0.4, -0.2) is 57.3 Å². The number of hydrogen-bond donors (Lipinski definition) is 1. The number of hydrogen-bond acceptors (Lipinski definition) is 6. The Kier molecular flexibility index (Phi) is 5.05. The first-order chi connectivity index (χ1) is 13.1. The number of pyridine rings is 1. The van der Waals surface area contributed by atoms with Crippen LogP contribution >= 0.6 is 0 Å². The van der Waals surface area contributed by atoms with Crippen LogP contribution in [0.4, 0.5) is 5.82 Å². The van der Waals surface area contributed by atoms with Crippen molar-refractivity contribution < 1.29 is 4.74 Å². The van der Waals surface area contributed by atoms with Gasteiger partial charge in [-0.25, -0.2) is 4.98 Å². The van der Waals surface area contributed by atoms with Gasteiger partial charge in [0.05, 0.1) is 24.9 Å². The van der Waals surface area contributed by atoms with E-state index in [0.29, 0.717) is 0 Å². The summed E-state index contributed by atoms with van der Waals surface area (Å²) in [6.45, 7) is 10.3. The first kappa shape index (κ1) is 17.9. The molecule has 0 amide bonds. The number of rotatable bonds is 5. The number of nitrogens with zero attached hydrogens (tertiary/aromatic N) is 5. The third-order valence-electron chi connectivity index (χ3n) is 5.22. The van der Waals surface area contributed by atoms with Gasteiger partial charge in [0.15, 0.2) is 5.65 Å². The zero-order valence-electron chi connectivity index (χ0n) is 16.1.